The summed E-state index contributed by atoms with van der Waals surface area (Å²) in [4.78, 5) is 20.9. The third-order valence-electron chi connectivity index (χ3n) is 3.93. The predicted molar refractivity (Wildman–Crippen MR) is 98.2 cm³/mol. The largest absolute Gasteiger partial charge is 0.378 e. The van der Waals surface area contributed by atoms with E-state index in [9.17, 15) is 4.79 Å². The number of hydrogen-bond acceptors (Lipinski definition) is 5. The molecule has 3 heterocycles. The summed E-state index contributed by atoms with van der Waals surface area (Å²) in [7, 11) is 0. The van der Waals surface area contributed by atoms with Crippen LogP contribution >= 0.6 is 11.3 Å². The molecule has 0 bridgehead atoms. The SMILES string of the molecule is CC(C)(C)c1ccc(C(=O)Nc2ccc(N3CCOCC3)cn2)s1. The van der Waals surface area contributed by atoms with E-state index >= 15 is 0 Å². The van der Waals surface area contributed by atoms with Crippen LogP contribution in [0.15, 0.2) is 30.5 Å². The van der Waals surface area contributed by atoms with Gasteiger partial charge in [-0.05, 0) is 29.7 Å². The lowest BCUT2D eigenvalue weighted by Crippen LogP contribution is -2.36. The van der Waals surface area contributed by atoms with Crippen molar-refractivity contribution in [1.29, 1.82) is 0 Å². The molecule has 2 aromatic rings. The summed E-state index contributed by atoms with van der Waals surface area (Å²) in [5.74, 6) is 0.463. The van der Waals surface area contributed by atoms with Gasteiger partial charge in [0.1, 0.15) is 5.82 Å². The highest BCUT2D eigenvalue weighted by atomic mass is 32.1. The molecule has 5 nitrogen and oxygen atoms in total. The Labute approximate surface area is 146 Å². The molecule has 0 radical (unpaired) electrons. The molecule has 0 spiro atoms. The fourth-order valence-electron chi connectivity index (χ4n) is 2.51. The third kappa shape index (κ3) is 3.94. The van der Waals surface area contributed by atoms with Crippen molar-refractivity contribution in [3.05, 3.63) is 40.2 Å². The molecule has 0 saturated carbocycles. The summed E-state index contributed by atoms with van der Waals surface area (Å²) >= 11 is 1.53. The van der Waals surface area contributed by atoms with Crippen LogP contribution in [0.4, 0.5) is 11.5 Å². The highest BCUT2D eigenvalue weighted by Gasteiger charge is 2.19. The van der Waals surface area contributed by atoms with Gasteiger partial charge in [0.2, 0.25) is 0 Å². The Bertz CT molecular complexity index is 698. The molecule has 6 heteroatoms. The molecule has 1 aliphatic heterocycles. The van der Waals surface area contributed by atoms with Gasteiger partial charge in [0.25, 0.3) is 5.91 Å². The molecule has 0 unspecified atom stereocenters. The molecule has 1 saturated heterocycles. The zero-order valence-corrected chi connectivity index (χ0v) is 15.2. The molecular formula is C18H23N3O2S. The van der Waals surface area contributed by atoms with Crippen molar-refractivity contribution in [2.24, 2.45) is 0 Å². The van der Waals surface area contributed by atoms with E-state index in [0.29, 0.717) is 10.7 Å². The second-order valence-corrected chi connectivity index (χ2v) is 7.95. The number of rotatable bonds is 3. The molecular weight excluding hydrogens is 322 g/mol. The van der Waals surface area contributed by atoms with Crippen molar-refractivity contribution < 1.29 is 9.53 Å². The number of morpholine rings is 1. The molecule has 0 aliphatic carbocycles. The first kappa shape index (κ1) is 16.9. The molecule has 0 aromatic carbocycles. The smallest absolute Gasteiger partial charge is 0.266 e. The fourth-order valence-corrected chi connectivity index (χ4v) is 3.47. The van der Waals surface area contributed by atoms with Gasteiger partial charge in [-0.2, -0.15) is 0 Å². The van der Waals surface area contributed by atoms with Crippen LogP contribution in [-0.2, 0) is 10.2 Å². The number of carbonyl (C=O) groups excluding carboxylic acids is 1. The third-order valence-corrected chi connectivity index (χ3v) is 5.44. The number of aromatic nitrogens is 1. The minimum atomic E-state index is -0.109. The van der Waals surface area contributed by atoms with E-state index in [1.54, 1.807) is 6.20 Å². The average molecular weight is 345 g/mol. The van der Waals surface area contributed by atoms with Gasteiger partial charge in [-0.25, -0.2) is 4.98 Å². The molecule has 1 fully saturated rings. The Morgan fingerprint density at radius 2 is 1.96 bits per heavy atom. The van der Waals surface area contributed by atoms with Gasteiger partial charge in [-0.1, -0.05) is 20.8 Å². The number of anilines is 2. The number of hydrogen-bond donors (Lipinski definition) is 1. The fraction of sp³-hybridized carbons (Fsp3) is 0.444. The summed E-state index contributed by atoms with van der Waals surface area (Å²) in [5.41, 5.74) is 1.11. The first-order valence-corrected chi connectivity index (χ1v) is 8.95. The minimum absolute atomic E-state index is 0.0568. The zero-order chi connectivity index (χ0) is 17.2. The van der Waals surface area contributed by atoms with E-state index in [0.717, 1.165) is 32.0 Å². The van der Waals surface area contributed by atoms with Crippen LogP contribution in [-0.4, -0.2) is 37.2 Å². The molecule has 0 atom stereocenters. The van der Waals surface area contributed by atoms with E-state index < -0.39 is 0 Å². The van der Waals surface area contributed by atoms with Crippen molar-refractivity contribution in [2.45, 2.75) is 26.2 Å². The number of nitrogens with zero attached hydrogens (tertiary/aromatic N) is 2. The van der Waals surface area contributed by atoms with Gasteiger partial charge in [0, 0.05) is 18.0 Å². The molecule has 1 amide bonds. The van der Waals surface area contributed by atoms with Crippen LogP contribution in [0.1, 0.15) is 35.3 Å². The van der Waals surface area contributed by atoms with Crippen molar-refractivity contribution in [3.63, 3.8) is 0 Å². The Balaban J connectivity index is 1.65. The van der Waals surface area contributed by atoms with E-state index in [1.807, 2.05) is 24.3 Å². The first-order chi connectivity index (χ1) is 11.4. The highest BCUT2D eigenvalue weighted by Crippen LogP contribution is 2.29. The summed E-state index contributed by atoms with van der Waals surface area (Å²) in [5, 5.41) is 2.87. The summed E-state index contributed by atoms with van der Waals surface area (Å²) in [6.45, 7) is 9.67. The Kier molecular flexibility index (Phi) is 4.87. The Morgan fingerprint density at radius 3 is 2.54 bits per heavy atom. The summed E-state index contributed by atoms with van der Waals surface area (Å²) in [6, 6.07) is 7.74. The standard InChI is InChI=1S/C18H23N3O2S/c1-18(2,3)15-6-5-14(24-15)17(22)20-16-7-4-13(12-19-16)21-8-10-23-11-9-21/h4-7,12H,8-11H2,1-3H3,(H,19,20,22). The maximum atomic E-state index is 12.4. The predicted octanol–water partition coefficient (Wildman–Crippen LogP) is 3.53. The average Bonchev–Trinajstić information content (AvgIpc) is 3.07. The van der Waals surface area contributed by atoms with Crippen LogP contribution in [0.2, 0.25) is 0 Å². The number of pyridine rings is 1. The quantitative estimate of drug-likeness (QED) is 0.925. The Hall–Kier alpha value is -1.92. The van der Waals surface area contributed by atoms with E-state index in [1.165, 1.54) is 16.2 Å². The summed E-state index contributed by atoms with van der Waals surface area (Å²) < 4.78 is 5.35. The lowest BCUT2D eigenvalue weighted by molar-refractivity contribution is 0.103. The van der Waals surface area contributed by atoms with Gasteiger partial charge < -0.3 is 15.0 Å². The van der Waals surface area contributed by atoms with E-state index in [2.05, 4.69) is 36.0 Å². The molecule has 1 N–H and O–H groups in total. The van der Waals surface area contributed by atoms with Gasteiger partial charge in [0.15, 0.2) is 0 Å². The van der Waals surface area contributed by atoms with Gasteiger partial charge >= 0.3 is 0 Å². The molecule has 1 aliphatic rings. The molecule has 3 rings (SSSR count). The molecule has 128 valence electrons. The second kappa shape index (κ2) is 6.91. The van der Waals surface area contributed by atoms with Crippen molar-refractivity contribution in [1.82, 2.24) is 4.98 Å². The maximum absolute atomic E-state index is 12.4. The number of amides is 1. The van der Waals surface area contributed by atoms with Crippen molar-refractivity contribution >= 4 is 28.7 Å². The van der Waals surface area contributed by atoms with Gasteiger partial charge in [-0.15, -0.1) is 11.3 Å². The topological polar surface area (TPSA) is 54.5 Å². The van der Waals surface area contributed by atoms with Crippen LogP contribution in [0.3, 0.4) is 0 Å². The van der Waals surface area contributed by atoms with Crippen LogP contribution < -0.4 is 10.2 Å². The number of nitrogens with one attached hydrogen (secondary N) is 1. The normalized spacial score (nSPS) is 15.4. The van der Waals surface area contributed by atoms with Crippen molar-refractivity contribution in [2.75, 3.05) is 36.5 Å². The first-order valence-electron chi connectivity index (χ1n) is 8.14. The minimum Gasteiger partial charge on any atom is -0.378 e. The summed E-state index contributed by atoms with van der Waals surface area (Å²) in [6.07, 6.45) is 1.80. The zero-order valence-electron chi connectivity index (χ0n) is 14.3. The van der Waals surface area contributed by atoms with Crippen LogP contribution in [0.5, 0.6) is 0 Å². The number of carbonyl (C=O) groups is 1. The van der Waals surface area contributed by atoms with Crippen LogP contribution in [0.25, 0.3) is 0 Å². The van der Waals surface area contributed by atoms with Gasteiger partial charge in [0.05, 0.1) is 30.0 Å². The number of ether oxygens (including phenoxy) is 1. The number of thiophene rings is 1. The molecule has 2 aromatic heterocycles. The van der Waals surface area contributed by atoms with Gasteiger partial charge in [-0.3, -0.25) is 4.79 Å². The lowest BCUT2D eigenvalue weighted by atomic mass is 9.95. The second-order valence-electron chi connectivity index (χ2n) is 6.87. The maximum Gasteiger partial charge on any atom is 0.266 e. The molecule has 24 heavy (non-hydrogen) atoms. The highest BCUT2D eigenvalue weighted by molar-refractivity contribution is 7.14. The Morgan fingerprint density at radius 1 is 1.21 bits per heavy atom. The van der Waals surface area contributed by atoms with E-state index in [-0.39, 0.29) is 11.3 Å². The monoisotopic (exact) mass is 345 g/mol. The lowest BCUT2D eigenvalue weighted by Gasteiger charge is -2.28. The van der Waals surface area contributed by atoms with Crippen LogP contribution in [0, 0.1) is 0 Å². The van der Waals surface area contributed by atoms with Crippen molar-refractivity contribution in [3.8, 4) is 0 Å². The van der Waals surface area contributed by atoms with E-state index in [4.69, 9.17) is 4.74 Å².